The summed E-state index contributed by atoms with van der Waals surface area (Å²) in [6.45, 7) is 13.4. The molecule has 1 saturated heterocycles. The Morgan fingerprint density at radius 3 is 2.05 bits per heavy atom. The van der Waals surface area contributed by atoms with Gasteiger partial charge in [0.1, 0.15) is 0 Å². The summed E-state index contributed by atoms with van der Waals surface area (Å²) in [6.07, 6.45) is 0. The van der Waals surface area contributed by atoms with Crippen molar-refractivity contribution in [1.82, 2.24) is 10.2 Å². The van der Waals surface area contributed by atoms with Crippen molar-refractivity contribution in [2.24, 2.45) is 0 Å². The number of hydrogen-bond donors (Lipinski definition) is 1. The molecule has 3 nitrogen and oxygen atoms in total. The standard InChI is InChI=1S/C16H27N3.2ClH/c1-4-18(5-2)16-8-6-15(7-9-16)14(3)19-12-10-17-11-13-19;;/h6-9,14,17H,4-5,10-13H2,1-3H3;2*1H/t14-;;/m0../s1. The Hall–Kier alpha value is -0.480. The van der Waals surface area contributed by atoms with E-state index in [0.717, 1.165) is 39.3 Å². The minimum atomic E-state index is 0. The first-order valence-electron chi connectivity index (χ1n) is 7.56. The summed E-state index contributed by atoms with van der Waals surface area (Å²) in [5, 5.41) is 3.41. The highest BCUT2D eigenvalue weighted by molar-refractivity contribution is 5.85. The van der Waals surface area contributed by atoms with E-state index in [9.17, 15) is 0 Å². The molecule has 1 fully saturated rings. The number of piperazine rings is 1. The van der Waals surface area contributed by atoms with E-state index in [-0.39, 0.29) is 24.8 Å². The molecule has 1 aliphatic heterocycles. The van der Waals surface area contributed by atoms with Crippen LogP contribution in [0.2, 0.25) is 0 Å². The summed E-state index contributed by atoms with van der Waals surface area (Å²) in [7, 11) is 0. The van der Waals surface area contributed by atoms with Gasteiger partial charge in [-0.05, 0) is 38.5 Å². The third-order valence-electron chi connectivity index (χ3n) is 4.20. The van der Waals surface area contributed by atoms with Crippen molar-refractivity contribution in [3.8, 4) is 0 Å². The summed E-state index contributed by atoms with van der Waals surface area (Å²) in [6, 6.07) is 9.64. The number of anilines is 1. The fourth-order valence-corrected chi connectivity index (χ4v) is 2.83. The van der Waals surface area contributed by atoms with Gasteiger partial charge < -0.3 is 10.2 Å². The van der Waals surface area contributed by atoms with Crippen LogP contribution in [0, 0.1) is 0 Å². The van der Waals surface area contributed by atoms with E-state index in [4.69, 9.17) is 0 Å². The molecule has 0 radical (unpaired) electrons. The predicted molar refractivity (Wildman–Crippen MR) is 97.4 cm³/mol. The number of rotatable bonds is 5. The van der Waals surface area contributed by atoms with E-state index in [1.54, 1.807) is 0 Å². The van der Waals surface area contributed by atoms with E-state index in [2.05, 4.69) is 60.2 Å². The molecule has 0 amide bonds. The van der Waals surface area contributed by atoms with E-state index in [1.807, 2.05) is 0 Å². The van der Waals surface area contributed by atoms with Crippen molar-refractivity contribution in [1.29, 1.82) is 0 Å². The fourth-order valence-electron chi connectivity index (χ4n) is 2.83. The molecule has 0 aromatic heterocycles. The molecule has 0 unspecified atom stereocenters. The second kappa shape index (κ2) is 10.3. The second-order valence-electron chi connectivity index (χ2n) is 5.23. The quantitative estimate of drug-likeness (QED) is 0.891. The van der Waals surface area contributed by atoms with Crippen LogP contribution < -0.4 is 10.2 Å². The number of hydrogen-bond acceptors (Lipinski definition) is 3. The average Bonchev–Trinajstić information content (AvgIpc) is 2.49. The van der Waals surface area contributed by atoms with Crippen LogP contribution in [0.25, 0.3) is 0 Å². The number of benzene rings is 1. The lowest BCUT2D eigenvalue weighted by atomic mass is 10.1. The Labute approximate surface area is 141 Å². The maximum atomic E-state index is 3.41. The van der Waals surface area contributed by atoms with Gasteiger partial charge in [-0.1, -0.05) is 12.1 Å². The molecule has 0 aliphatic carbocycles. The molecule has 5 heteroatoms. The van der Waals surface area contributed by atoms with Crippen molar-refractivity contribution >= 4 is 30.5 Å². The predicted octanol–water partition coefficient (Wildman–Crippen LogP) is 3.34. The monoisotopic (exact) mass is 333 g/mol. The largest absolute Gasteiger partial charge is 0.372 e. The van der Waals surface area contributed by atoms with Gasteiger partial charge in [-0.3, -0.25) is 4.90 Å². The zero-order chi connectivity index (χ0) is 13.7. The Morgan fingerprint density at radius 2 is 1.57 bits per heavy atom. The van der Waals surface area contributed by atoms with Crippen molar-refractivity contribution in [2.45, 2.75) is 26.8 Å². The molecule has 1 atom stereocenters. The van der Waals surface area contributed by atoms with Gasteiger partial charge in [-0.25, -0.2) is 0 Å². The maximum absolute atomic E-state index is 3.41. The van der Waals surface area contributed by atoms with E-state index in [0.29, 0.717) is 6.04 Å². The highest BCUT2D eigenvalue weighted by Gasteiger charge is 2.17. The van der Waals surface area contributed by atoms with Crippen LogP contribution in [0.5, 0.6) is 0 Å². The summed E-state index contributed by atoms with van der Waals surface area (Å²) in [4.78, 5) is 4.95. The van der Waals surface area contributed by atoms with Crippen molar-refractivity contribution < 1.29 is 0 Å². The molecule has 2 rings (SSSR count). The molecule has 1 aromatic carbocycles. The minimum Gasteiger partial charge on any atom is -0.372 e. The Morgan fingerprint density at radius 1 is 1.05 bits per heavy atom. The third kappa shape index (κ3) is 5.33. The van der Waals surface area contributed by atoms with Crippen LogP contribution in [0.4, 0.5) is 5.69 Å². The Balaban J connectivity index is 0.00000200. The molecule has 21 heavy (non-hydrogen) atoms. The van der Waals surface area contributed by atoms with E-state index in [1.165, 1.54) is 11.3 Å². The van der Waals surface area contributed by atoms with Gasteiger partial charge in [-0.15, -0.1) is 24.8 Å². The SMILES string of the molecule is CCN(CC)c1ccc([C@H](C)N2CCNCC2)cc1.Cl.Cl. The zero-order valence-electron chi connectivity index (χ0n) is 13.3. The van der Waals surface area contributed by atoms with Crippen molar-refractivity contribution in [3.63, 3.8) is 0 Å². The Bertz CT molecular complexity index is 374. The minimum absolute atomic E-state index is 0. The Kier molecular flexibility index (Phi) is 10.0. The summed E-state index contributed by atoms with van der Waals surface area (Å²) in [5.74, 6) is 0. The first kappa shape index (κ1) is 20.5. The van der Waals surface area contributed by atoms with Gasteiger partial charge in [0.05, 0.1) is 0 Å². The lowest BCUT2D eigenvalue weighted by Gasteiger charge is -2.33. The molecular formula is C16H29Cl2N3. The van der Waals surface area contributed by atoms with Crippen LogP contribution >= 0.6 is 24.8 Å². The zero-order valence-corrected chi connectivity index (χ0v) is 15.0. The van der Waals surface area contributed by atoms with Crippen molar-refractivity contribution in [2.75, 3.05) is 44.2 Å². The third-order valence-corrected chi connectivity index (χ3v) is 4.20. The molecule has 0 saturated carbocycles. The van der Waals surface area contributed by atoms with Crippen LogP contribution in [-0.2, 0) is 0 Å². The summed E-state index contributed by atoms with van der Waals surface area (Å²) < 4.78 is 0. The smallest absolute Gasteiger partial charge is 0.0366 e. The second-order valence-corrected chi connectivity index (χ2v) is 5.23. The molecule has 1 N–H and O–H groups in total. The average molecular weight is 334 g/mol. The highest BCUT2D eigenvalue weighted by Crippen LogP contribution is 2.23. The molecule has 1 aromatic rings. The lowest BCUT2D eigenvalue weighted by molar-refractivity contribution is 0.185. The van der Waals surface area contributed by atoms with E-state index >= 15 is 0 Å². The lowest BCUT2D eigenvalue weighted by Crippen LogP contribution is -2.44. The summed E-state index contributed by atoms with van der Waals surface area (Å²) >= 11 is 0. The first-order valence-corrected chi connectivity index (χ1v) is 7.56. The molecule has 122 valence electrons. The number of nitrogens with zero attached hydrogens (tertiary/aromatic N) is 2. The van der Waals surface area contributed by atoms with Gasteiger partial charge >= 0.3 is 0 Å². The van der Waals surface area contributed by atoms with Crippen LogP contribution in [0.3, 0.4) is 0 Å². The van der Waals surface area contributed by atoms with Crippen LogP contribution in [0.15, 0.2) is 24.3 Å². The van der Waals surface area contributed by atoms with Gasteiger partial charge in [-0.2, -0.15) is 0 Å². The van der Waals surface area contributed by atoms with E-state index < -0.39 is 0 Å². The maximum Gasteiger partial charge on any atom is 0.0366 e. The van der Waals surface area contributed by atoms with Gasteiger partial charge in [0.2, 0.25) is 0 Å². The first-order chi connectivity index (χ1) is 9.26. The van der Waals surface area contributed by atoms with Gasteiger partial charge in [0, 0.05) is 51.0 Å². The molecule has 0 bridgehead atoms. The topological polar surface area (TPSA) is 18.5 Å². The van der Waals surface area contributed by atoms with Gasteiger partial charge in [0.15, 0.2) is 0 Å². The summed E-state index contributed by atoms with van der Waals surface area (Å²) in [5.41, 5.74) is 2.76. The molecule has 1 aliphatic rings. The highest BCUT2D eigenvalue weighted by atomic mass is 35.5. The van der Waals surface area contributed by atoms with Crippen LogP contribution in [-0.4, -0.2) is 44.2 Å². The molecule has 0 spiro atoms. The number of halogens is 2. The molecular weight excluding hydrogens is 305 g/mol. The van der Waals surface area contributed by atoms with Gasteiger partial charge in [0.25, 0.3) is 0 Å². The fraction of sp³-hybridized carbons (Fsp3) is 0.625. The van der Waals surface area contributed by atoms with Crippen molar-refractivity contribution in [3.05, 3.63) is 29.8 Å². The van der Waals surface area contributed by atoms with Crippen LogP contribution in [0.1, 0.15) is 32.4 Å². The number of nitrogens with one attached hydrogen (secondary N) is 1. The molecule has 1 heterocycles. The normalized spacial score (nSPS) is 16.5.